The Labute approximate surface area is 222 Å². The van der Waals surface area contributed by atoms with Crippen LogP contribution in [0, 0.1) is 0 Å². The van der Waals surface area contributed by atoms with Crippen LogP contribution in [0.25, 0.3) is 0 Å². The molecule has 0 aromatic heterocycles. The maximum atomic E-state index is 12.7. The average Bonchev–Trinajstić information content (AvgIpc) is 3.41. The number of hydrogen-bond acceptors (Lipinski definition) is 6. The molecule has 2 aliphatic heterocycles. The van der Waals surface area contributed by atoms with Gasteiger partial charge in [-0.1, -0.05) is 6.07 Å². The van der Waals surface area contributed by atoms with Crippen molar-refractivity contribution in [1.29, 1.82) is 0 Å². The summed E-state index contributed by atoms with van der Waals surface area (Å²) in [6.45, 7) is 7.81. The van der Waals surface area contributed by atoms with Crippen molar-refractivity contribution >= 4 is 20.1 Å². The van der Waals surface area contributed by atoms with Crippen LogP contribution in [0.2, 0.25) is 0 Å². The van der Waals surface area contributed by atoms with Crippen molar-refractivity contribution in [1.82, 2.24) is 10.2 Å². The van der Waals surface area contributed by atoms with E-state index in [0.717, 1.165) is 36.4 Å². The van der Waals surface area contributed by atoms with Crippen LogP contribution in [-0.4, -0.2) is 66.2 Å². The Hall–Kier alpha value is -2.44. The average molecular weight is 527 g/mol. The molecule has 0 unspecified atom stereocenters. The molecule has 0 saturated carbocycles. The lowest BCUT2D eigenvalue weighted by atomic mass is 10.0. The monoisotopic (exact) mass is 526 g/mol. The summed E-state index contributed by atoms with van der Waals surface area (Å²) < 4.78 is 17.0. The van der Waals surface area contributed by atoms with E-state index in [4.69, 9.17) is 14.2 Å². The number of likely N-dealkylation sites (tertiary alicyclic amines) is 1. The number of rotatable bonds is 13. The second-order valence-corrected chi connectivity index (χ2v) is 10.7. The van der Waals surface area contributed by atoms with Crippen LogP contribution >= 0.6 is 8.86 Å². The number of aliphatic hydroxyl groups excluding tert-OH is 1. The van der Waals surface area contributed by atoms with Gasteiger partial charge in [-0.15, -0.1) is 8.86 Å². The summed E-state index contributed by atoms with van der Waals surface area (Å²) in [5.74, 6) is 2.27. The maximum Gasteiger partial charge on any atom is 0.162 e. The molecule has 7 nitrogen and oxygen atoms in total. The molecule has 0 radical (unpaired) electrons. The normalized spacial score (nSPS) is 17.0. The molecule has 1 saturated heterocycles. The van der Waals surface area contributed by atoms with Crippen molar-refractivity contribution in [3.8, 4) is 17.2 Å². The van der Waals surface area contributed by atoms with E-state index in [9.17, 15) is 9.90 Å². The van der Waals surface area contributed by atoms with E-state index in [0.29, 0.717) is 49.5 Å². The predicted molar refractivity (Wildman–Crippen MR) is 149 cm³/mol. The van der Waals surface area contributed by atoms with Gasteiger partial charge >= 0.3 is 0 Å². The largest absolute Gasteiger partial charge is 0.491 e. The van der Waals surface area contributed by atoms with Crippen molar-refractivity contribution in [3.63, 3.8) is 0 Å². The third-order valence-corrected chi connectivity index (χ3v) is 7.08. The third-order valence-electron chi connectivity index (χ3n) is 6.68. The van der Waals surface area contributed by atoms with Crippen molar-refractivity contribution in [2.75, 3.05) is 32.8 Å². The van der Waals surface area contributed by atoms with Gasteiger partial charge in [0, 0.05) is 23.9 Å². The molecule has 0 bridgehead atoms. The van der Waals surface area contributed by atoms with E-state index in [1.807, 2.05) is 56.3 Å². The summed E-state index contributed by atoms with van der Waals surface area (Å²) in [7, 11) is 3.73. The number of carbonyl (C=O) groups is 1. The van der Waals surface area contributed by atoms with Crippen LogP contribution < -0.4 is 19.5 Å². The van der Waals surface area contributed by atoms with Crippen molar-refractivity contribution in [3.05, 3.63) is 53.6 Å². The molecule has 0 amide bonds. The number of benzene rings is 2. The molecule has 8 heteroatoms. The quantitative estimate of drug-likeness (QED) is 0.290. The molecule has 200 valence electrons. The number of ether oxygens (including phenoxy) is 3. The van der Waals surface area contributed by atoms with Gasteiger partial charge in [-0.05, 0) is 94.6 Å². The molecule has 0 spiro atoms. The number of aliphatic hydroxyl groups is 1. The smallest absolute Gasteiger partial charge is 0.162 e. The van der Waals surface area contributed by atoms with Gasteiger partial charge in [-0.2, -0.15) is 0 Å². The molecular formula is C29H39N2O5P. The Morgan fingerprint density at radius 2 is 1.76 bits per heavy atom. The summed E-state index contributed by atoms with van der Waals surface area (Å²) in [6, 6.07) is 12.8. The first-order valence-electron chi connectivity index (χ1n) is 13.3. The summed E-state index contributed by atoms with van der Waals surface area (Å²) in [5.41, 5.74) is 2.37. The Kier molecular flexibility index (Phi) is 9.98. The van der Waals surface area contributed by atoms with Gasteiger partial charge in [0.05, 0.1) is 18.2 Å². The highest BCUT2D eigenvalue weighted by molar-refractivity contribution is 7.20. The van der Waals surface area contributed by atoms with Crippen molar-refractivity contribution < 1.29 is 24.1 Å². The van der Waals surface area contributed by atoms with Crippen LogP contribution in [-0.2, 0) is 0 Å². The third kappa shape index (κ3) is 8.02. The highest BCUT2D eigenvalue weighted by Gasteiger charge is 2.27. The van der Waals surface area contributed by atoms with Gasteiger partial charge in [-0.25, -0.2) is 0 Å². The van der Waals surface area contributed by atoms with Gasteiger partial charge in [0.15, 0.2) is 17.3 Å². The summed E-state index contributed by atoms with van der Waals surface area (Å²) in [4.78, 5) is 15.1. The summed E-state index contributed by atoms with van der Waals surface area (Å²) in [6.07, 6.45) is 3.57. The van der Waals surface area contributed by atoms with E-state index < -0.39 is 6.10 Å². The molecule has 2 aliphatic rings. The molecule has 2 heterocycles. The highest BCUT2D eigenvalue weighted by Crippen LogP contribution is 2.33. The van der Waals surface area contributed by atoms with Crippen molar-refractivity contribution in [2.45, 2.75) is 64.2 Å². The fraction of sp³-hybridized carbons (Fsp3) is 0.517. The highest BCUT2D eigenvalue weighted by atomic mass is 31.0. The van der Waals surface area contributed by atoms with Gasteiger partial charge in [0.1, 0.15) is 19.0 Å². The first kappa shape index (κ1) is 27.6. The standard InChI is InChI=1S/C29H39N2O5P/c1-20(2)36-23-11-8-21(9-12-23)25(32)6-5-7-28(37)30-24(19-31-14-3-4-15-31)29(33)22-10-13-26-27(18-22)35-17-16-34-26/h8-13,18,20,24,29-30,33,37H,3-7,14-17,19H2,1-2H3/t24-,29-/m1/s1. The van der Waals surface area contributed by atoms with Gasteiger partial charge in [0.25, 0.3) is 0 Å². The lowest BCUT2D eigenvalue weighted by Crippen LogP contribution is -2.46. The molecule has 2 aromatic carbocycles. The number of Topliss-reactive ketones (excluding diaryl/α,β-unsaturated/α-hetero) is 1. The number of carbonyl (C=O) groups excluding carboxylic acids is 1. The second kappa shape index (κ2) is 13.4. The molecule has 2 N–H and O–H groups in total. The van der Waals surface area contributed by atoms with Gasteiger partial charge in [-0.3, -0.25) is 10.1 Å². The molecule has 2 aromatic rings. The number of hydrogen-bond donors (Lipinski definition) is 2. The minimum absolute atomic E-state index is 0.101. The predicted octanol–water partition coefficient (Wildman–Crippen LogP) is 4.66. The molecule has 1 fully saturated rings. The molecule has 4 rings (SSSR count). The van der Waals surface area contributed by atoms with E-state index >= 15 is 0 Å². The summed E-state index contributed by atoms with van der Waals surface area (Å²) >= 11 is 0. The van der Waals surface area contributed by atoms with E-state index in [2.05, 4.69) is 19.1 Å². The molecular weight excluding hydrogens is 487 g/mol. The van der Waals surface area contributed by atoms with Crippen LogP contribution in [0.15, 0.2) is 42.5 Å². The zero-order valence-corrected chi connectivity index (χ0v) is 22.9. The zero-order valence-electron chi connectivity index (χ0n) is 21.9. The maximum absolute atomic E-state index is 12.7. The lowest BCUT2D eigenvalue weighted by molar-refractivity contribution is 0.0980. The fourth-order valence-corrected chi connectivity index (χ4v) is 5.16. The number of nitrogens with zero attached hydrogens (tertiary/aromatic N) is 1. The first-order chi connectivity index (χ1) is 17.9. The van der Waals surface area contributed by atoms with E-state index in [-0.39, 0.29) is 17.9 Å². The fourth-order valence-electron chi connectivity index (χ4n) is 4.80. The Morgan fingerprint density at radius 1 is 1.05 bits per heavy atom. The SMILES string of the molecule is CC(C)Oc1ccc(C(=O)CCCC(=P)N[C@H](CN2CCCC2)[C@H](O)c2ccc3c(c2)OCCO3)cc1. The zero-order chi connectivity index (χ0) is 26.2. The topological polar surface area (TPSA) is 80.3 Å². The van der Waals surface area contributed by atoms with Crippen LogP contribution in [0.4, 0.5) is 0 Å². The van der Waals surface area contributed by atoms with Crippen LogP contribution in [0.5, 0.6) is 17.2 Å². The van der Waals surface area contributed by atoms with Crippen LogP contribution in [0.1, 0.15) is 68.0 Å². The van der Waals surface area contributed by atoms with E-state index in [1.165, 1.54) is 12.8 Å². The summed E-state index contributed by atoms with van der Waals surface area (Å²) in [5, 5.41) is 14.8. The first-order valence-corrected chi connectivity index (χ1v) is 13.8. The number of fused-ring (bicyclic) bond motifs is 1. The lowest BCUT2D eigenvalue weighted by Gasteiger charge is -2.30. The molecule has 37 heavy (non-hydrogen) atoms. The Morgan fingerprint density at radius 3 is 2.46 bits per heavy atom. The number of nitrogens with one attached hydrogen (secondary N) is 1. The number of ketones is 1. The Balaban J connectivity index is 1.32. The van der Waals surface area contributed by atoms with Crippen LogP contribution in [0.3, 0.4) is 0 Å². The molecule has 0 aliphatic carbocycles. The molecule has 2 atom stereocenters. The minimum atomic E-state index is -0.726. The second-order valence-electron chi connectivity index (χ2n) is 10.1. The van der Waals surface area contributed by atoms with Gasteiger partial charge < -0.3 is 24.2 Å². The van der Waals surface area contributed by atoms with Gasteiger partial charge in [0.2, 0.25) is 0 Å². The minimum Gasteiger partial charge on any atom is -0.491 e. The Bertz CT molecular complexity index is 1050. The van der Waals surface area contributed by atoms with Crippen molar-refractivity contribution in [2.24, 2.45) is 0 Å². The van der Waals surface area contributed by atoms with E-state index in [1.54, 1.807) is 0 Å².